The first-order valence-corrected chi connectivity index (χ1v) is 9.00. The highest BCUT2D eigenvalue weighted by Gasteiger charge is 2.15. The Morgan fingerprint density at radius 1 is 1.13 bits per heavy atom. The Kier molecular flexibility index (Phi) is 5.36. The van der Waals surface area contributed by atoms with Gasteiger partial charge in [0, 0.05) is 36.7 Å². The van der Waals surface area contributed by atoms with E-state index in [4.69, 9.17) is 4.74 Å². The number of hydrogen-bond donors (Lipinski definition) is 0. The molecule has 1 aliphatic heterocycles. The molecule has 23 heavy (non-hydrogen) atoms. The molecule has 0 amide bonds. The minimum atomic E-state index is 0.0125. The smallest absolute Gasteiger partial charge is 0.196 e. The molecule has 2 aromatic rings. The molecular formula is C19H21NO2S. The van der Waals surface area contributed by atoms with Crippen molar-refractivity contribution in [2.75, 3.05) is 31.7 Å². The standard InChI is InChI=1S/C19H21NO2S/c1-22-18-8-3-2-7-17(18)19(21)16-6-4-5-15(13-16)14-20-9-11-23-12-10-20/h2-8,13H,9-12,14H2,1H3. The Morgan fingerprint density at radius 2 is 1.91 bits per heavy atom. The normalized spacial score (nSPS) is 15.3. The second-order valence-electron chi connectivity index (χ2n) is 5.62. The number of carbonyl (C=O) groups excluding carboxylic acids is 1. The van der Waals surface area contributed by atoms with Gasteiger partial charge in [-0.15, -0.1) is 0 Å². The maximum absolute atomic E-state index is 12.8. The number of ether oxygens (including phenoxy) is 1. The molecule has 0 unspecified atom stereocenters. The summed E-state index contributed by atoms with van der Waals surface area (Å²) in [6.07, 6.45) is 0. The molecule has 1 aliphatic rings. The van der Waals surface area contributed by atoms with Crippen molar-refractivity contribution < 1.29 is 9.53 Å². The number of carbonyl (C=O) groups is 1. The van der Waals surface area contributed by atoms with Gasteiger partial charge in [-0.2, -0.15) is 11.8 Å². The molecular weight excluding hydrogens is 306 g/mol. The molecule has 0 bridgehead atoms. The number of rotatable bonds is 5. The van der Waals surface area contributed by atoms with Crippen LogP contribution in [0.3, 0.4) is 0 Å². The summed E-state index contributed by atoms with van der Waals surface area (Å²) in [5, 5.41) is 0. The Hall–Kier alpha value is -1.78. The third-order valence-electron chi connectivity index (χ3n) is 4.05. The van der Waals surface area contributed by atoms with Crippen LogP contribution in [0.2, 0.25) is 0 Å². The van der Waals surface area contributed by atoms with Crippen molar-refractivity contribution in [1.29, 1.82) is 0 Å². The fraction of sp³-hybridized carbons (Fsp3) is 0.316. The van der Waals surface area contributed by atoms with Gasteiger partial charge in [0.15, 0.2) is 5.78 Å². The Balaban J connectivity index is 1.80. The van der Waals surface area contributed by atoms with Crippen LogP contribution in [0.25, 0.3) is 0 Å². The van der Waals surface area contributed by atoms with Crippen molar-refractivity contribution in [3.05, 3.63) is 65.2 Å². The van der Waals surface area contributed by atoms with Gasteiger partial charge in [-0.05, 0) is 23.8 Å². The van der Waals surface area contributed by atoms with Crippen LogP contribution in [0.1, 0.15) is 21.5 Å². The molecule has 0 saturated carbocycles. The van der Waals surface area contributed by atoms with Crippen LogP contribution in [0, 0.1) is 0 Å². The predicted octanol–water partition coefficient (Wildman–Crippen LogP) is 3.48. The molecule has 0 radical (unpaired) electrons. The van der Waals surface area contributed by atoms with Crippen molar-refractivity contribution in [3.63, 3.8) is 0 Å². The molecule has 3 nitrogen and oxygen atoms in total. The largest absolute Gasteiger partial charge is 0.496 e. The average molecular weight is 327 g/mol. The minimum absolute atomic E-state index is 0.0125. The van der Waals surface area contributed by atoms with Gasteiger partial charge in [-0.1, -0.05) is 30.3 Å². The first kappa shape index (κ1) is 16.1. The molecule has 4 heteroatoms. The SMILES string of the molecule is COc1ccccc1C(=O)c1cccc(CN2CCSCC2)c1. The van der Waals surface area contributed by atoms with Crippen molar-refractivity contribution in [3.8, 4) is 5.75 Å². The van der Waals surface area contributed by atoms with Gasteiger partial charge < -0.3 is 4.74 Å². The van der Waals surface area contributed by atoms with Crippen molar-refractivity contribution in [2.24, 2.45) is 0 Å². The number of para-hydroxylation sites is 1. The van der Waals surface area contributed by atoms with Crippen molar-refractivity contribution in [1.82, 2.24) is 4.90 Å². The van der Waals surface area contributed by atoms with E-state index in [-0.39, 0.29) is 5.78 Å². The van der Waals surface area contributed by atoms with Crippen LogP contribution in [-0.2, 0) is 6.54 Å². The molecule has 1 saturated heterocycles. The van der Waals surface area contributed by atoms with Gasteiger partial charge in [-0.25, -0.2) is 0 Å². The van der Waals surface area contributed by atoms with E-state index >= 15 is 0 Å². The lowest BCUT2D eigenvalue weighted by atomic mass is 10.0. The van der Waals surface area contributed by atoms with Crippen LogP contribution in [0.15, 0.2) is 48.5 Å². The van der Waals surface area contributed by atoms with Crippen molar-refractivity contribution in [2.45, 2.75) is 6.54 Å². The minimum Gasteiger partial charge on any atom is -0.496 e. The number of ketones is 1. The summed E-state index contributed by atoms with van der Waals surface area (Å²) in [4.78, 5) is 15.2. The third kappa shape index (κ3) is 3.95. The quantitative estimate of drug-likeness (QED) is 0.787. The predicted molar refractivity (Wildman–Crippen MR) is 95.5 cm³/mol. The Bertz CT molecular complexity index is 681. The molecule has 3 rings (SSSR count). The third-order valence-corrected chi connectivity index (χ3v) is 4.99. The number of thioether (sulfide) groups is 1. The molecule has 0 spiro atoms. The highest BCUT2D eigenvalue weighted by Crippen LogP contribution is 2.22. The van der Waals surface area contributed by atoms with Gasteiger partial charge in [0.2, 0.25) is 0 Å². The Morgan fingerprint density at radius 3 is 2.70 bits per heavy atom. The summed E-state index contributed by atoms with van der Waals surface area (Å²) < 4.78 is 5.31. The van der Waals surface area contributed by atoms with E-state index in [1.807, 2.05) is 54.2 Å². The second kappa shape index (κ2) is 7.66. The zero-order valence-electron chi connectivity index (χ0n) is 13.3. The number of hydrogen-bond acceptors (Lipinski definition) is 4. The van der Waals surface area contributed by atoms with Crippen LogP contribution in [0.4, 0.5) is 0 Å². The summed E-state index contributed by atoms with van der Waals surface area (Å²) in [6.45, 7) is 3.15. The van der Waals surface area contributed by atoms with Crippen LogP contribution in [0.5, 0.6) is 5.75 Å². The summed E-state index contributed by atoms with van der Waals surface area (Å²) in [5.41, 5.74) is 2.53. The topological polar surface area (TPSA) is 29.5 Å². The van der Waals surface area contributed by atoms with Crippen molar-refractivity contribution >= 4 is 17.5 Å². The molecule has 0 aliphatic carbocycles. The molecule has 2 aromatic carbocycles. The fourth-order valence-corrected chi connectivity index (χ4v) is 3.79. The summed E-state index contributed by atoms with van der Waals surface area (Å²) in [5.74, 6) is 3.02. The average Bonchev–Trinajstić information content (AvgIpc) is 2.62. The molecule has 0 N–H and O–H groups in total. The van der Waals surface area contributed by atoms with E-state index in [1.54, 1.807) is 7.11 Å². The van der Waals surface area contributed by atoms with Gasteiger partial charge >= 0.3 is 0 Å². The molecule has 120 valence electrons. The lowest BCUT2D eigenvalue weighted by molar-refractivity contribution is 0.103. The molecule has 0 aromatic heterocycles. The zero-order chi connectivity index (χ0) is 16.1. The van der Waals surface area contributed by atoms with E-state index in [2.05, 4.69) is 11.0 Å². The summed E-state index contributed by atoms with van der Waals surface area (Å²) in [7, 11) is 1.59. The van der Waals surface area contributed by atoms with E-state index < -0.39 is 0 Å². The first-order valence-electron chi connectivity index (χ1n) is 7.84. The zero-order valence-corrected chi connectivity index (χ0v) is 14.1. The fourth-order valence-electron chi connectivity index (χ4n) is 2.82. The second-order valence-corrected chi connectivity index (χ2v) is 6.84. The number of methoxy groups -OCH3 is 1. The maximum atomic E-state index is 12.8. The van der Waals surface area contributed by atoms with Crippen LogP contribution in [-0.4, -0.2) is 42.4 Å². The highest BCUT2D eigenvalue weighted by atomic mass is 32.2. The summed E-state index contributed by atoms with van der Waals surface area (Å²) >= 11 is 2.01. The van der Waals surface area contributed by atoms with E-state index in [9.17, 15) is 4.79 Å². The van der Waals surface area contributed by atoms with Crippen LogP contribution < -0.4 is 4.74 Å². The first-order chi connectivity index (χ1) is 11.3. The van der Waals surface area contributed by atoms with Crippen LogP contribution >= 0.6 is 11.8 Å². The lowest BCUT2D eigenvalue weighted by Gasteiger charge is -2.26. The Labute approximate surface area is 141 Å². The summed E-state index contributed by atoms with van der Waals surface area (Å²) in [6, 6.07) is 15.3. The monoisotopic (exact) mass is 327 g/mol. The maximum Gasteiger partial charge on any atom is 0.196 e. The number of benzene rings is 2. The van der Waals surface area contributed by atoms with E-state index in [0.717, 1.165) is 25.2 Å². The van der Waals surface area contributed by atoms with Gasteiger partial charge in [-0.3, -0.25) is 9.69 Å². The van der Waals surface area contributed by atoms with E-state index in [0.29, 0.717) is 11.3 Å². The lowest BCUT2D eigenvalue weighted by Crippen LogP contribution is -2.32. The molecule has 1 heterocycles. The molecule has 0 atom stereocenters. The van der Waals surface area contributed by atoms with Gasteiger partial charge in [0.05, 0.1) is 12.7 Å². The molecule has 1 fully saturated rings. The van der Waals surface area contributed by atoms with Gasteiger partial charge in [0.1, 0.15) is 5.75 Å². The van der Waals surface area contributed by atoms with Gasteiger partial charge in [0.25, 0.3) is 0 Å². The highest BCUT2D eigenvalue weighted by molar-refractivity contribution is 7.99. The number of nitrogens with zero attached hydrogens (tertiary/aromatic N) is 1. The van der Waals surface area contributed by atoms with E-state index in [1.165, 1.54) is 17.1 Å².